The van der Waals surface area contributed by atoms with Crippen molar-refractivity contribution >= 4 is 16.6 Å². The third-order valence-electron chi connectivity index (χ3n) is 5.25. The fourth-order valence-electron chi connectivity index (χ4n) is 3.71. The van der Waals surface area contributed by atoms with Crippen LogP contribution in [0.1, 0.15) is 27.6 Å². The molecule has 1 heterocycles. The molecule has 0 amide bonds. The lowest BCUT2D eigenvalue weighted by Gasteiger charge is -2.13. The number of fused-ring (bicyclic) bond motifs is 1. The molecule has 4 aromatic rings. The average Bonchev–Trinajstić information content (AvgIpc) is 3.59. The zero-order valence-corrected chi connectivity index (χ0v) is 15.8. The molecule has 0 aromatic heterocycles. The molecule has 142 valence electrons. The number of ketones is 1. The maximum atomic E-state index is 13.4. The van der Waals surface area contributed by atoms with Gasteiger partial charge in [0.1, 0.15) is 18.5 Å². The molecule has 0 radical (unpaired) electrons. The van der Waals surface area contributed by atoms with Crippen LogP contribution in [0.5, 0.6) is 5.75 Å². The van der Waals surface area contributed by atoms with Gasteiger partial charge in [0.25, 0.3) is 0 Å². The number of Topliss-reactive ketones (excluding diaryl/α,β-unsaturated/α-hetero) is 1. The van der Waals surface area contributed by atoms with Gasteiger partial charge in [-0.15, -0.1) is 0 Å². The van der Waals surface area contributed by atoms with E-state index in [4.69, 9.17) is 9.47 Å². The van der Waals surface area contributed by atoms with Crippen molar-refractivity contribution in [2.45, 2.75) is 18.8 Å². The Labute approximate surface area is 169 Å². The van der Waals surface area contributed by atoms with Crippen LogP contribution < -0.4 is 4.74 Å². The Hall–Kier alpha value is -3.43. The van der Waals surface area contributed by atoms with Crippen LogP contribution in [0.3, 0.4) is 0 Å². The summed E-state index contributed by atoms with van der Waals surface area (Å²) in [7, 11) is 0. The summed E-state index contributed by atoms with van der Waals surface area (Å²) in [4.78, 5) is 13.4. The van der Waals surface area contributed by atoms with Gasteiger partial charge in [-0.1, -0.05) is 91.0 Å². The number of rotatable bonds is 6. The minimum Gasteiger partial charge on any atom is -0.488 e. The molecule has 29 heavy (non-hydrogen) atoms. The lowest BCUT2D eigenvalue weighted by molar-refractivity contribution is 0.0951. The number of benzene rings is 4. The number of hydrogen-bond acceptors (Lipinski definition) is 3. The fourth-order valence-corrected chi connectivity index (χ4v) is 3.71. The van der Waals surface area contributed by atoms with Crippen molar-refractivity contribution < 1.29 is 14.3 Å². The van der Waals surface area contributed by atoms with E-state index < -0.39 is 6.10 Å². The van der Waals surface area contributed by atoms with Crippen LogP contribution in [-0.4, -0.2) is 11.9 Å². The van der Waals surface area contributed by atoms with E-state index in [-0.39, 0.29) is 11.9 Å². The van der Waals surface area contributed by atoms with E-state index >= 15 is 0 Å². The minimum atomic E-state index is -0.470. The molecule has 1 saturated heterocycles. The molecule has 0 spiro atoms. The molecule has 5 rings (SSSR count). The Bertz CT molecular complexity index is 1150. The molecule has 1 aliphatic rings. The van der Waals surface area contributed by atoms with Gasteiger partial charge in [-0.2, -0.15) is 0 Å². The van der Waals surface area contributed by atoms with Crippen molar-refractivity contribution in [3.05, 3.63) is 114 Å². The van der Waals surface area contributed by atoms with Crippen LogP contribution in [0.2, 0.25) is 0 Å². The molecule has 0 unspecified atom stereocenters. The van der Waals surface area contributed by atoms with Crippen molar-refractivity contribution in [1.82, 2.24) is 0 Å². The first-order chi connectivity index (χ1) is 14.3. The summed E-state index contributed by atoms with van der Waals surface area (Å²) < 4.78 is 11.9. The van der Waals surface area contributed by atoms with Crippen LogP contribution in [-0.2, 0) is 11.3 Å². The molecular formula is C26H20O3. The van der Waals surface area contributed by atoms with E-state index in [0.717, 1.165) is 21.9 Å². The van der Waals surface area contributed by atoms with Crippen molar-refractivity contribution in [2.75, 3.05) is 0 Å². The second-order valence-corrected chi connectivity index (χ2v) is 7.19. The van der Waals surface area contributed by atoms with Gasteiger partial charge < -0.3 is 9.47 Å². The van der Waals surface area contributed by atoms with Crippen molar-refractivity contribution in [3.8, 4) is 5.75 Å². The number of hydrogen-bond donors (Lipinski definition) is 0. The highest BCUT2D eigenvalue weighted by molar-refractivity contribution is 6.13. The monoisotopic (exact) mass is 380 g/mol. The first kappa shape index (κ1) is 17.7. The molecule has 4 aromatic carbocycles. The van der Waals surface area contributed by atoms with Crippen molar-refractivity contribution in [1.29, 1.82) is 0 Å². The molecular weight excluding hydrogens is 360 g/mol. The third-order valence-corrected chi connectivity index (χ3v) is 5.25. The maximum Gasteiger partial charge on any atom is 0.198 e. The van der Waals surface area contributed by atoms with Gasteiger partial charge in [-0.3, -0.25) is 4.79 Å². The second kappa shape index (κ2) is 7.53. The molecule has 0 bridgehead atoms. The normalized spacial score (nSPS) is 17.8. The van der Waals surface area contributed by atoms with Gasteiger partial charge in [0, 0.05) is 0 Å². The predicted octanol–water partition coefficient (Wildman–Crippen LogP) is 5.74. The first-order valence-corrected chi connectivity index (χ1v) is 9.74. The molecule has 1 aliphatic heterocycles. The SMILES string of the molecule is O=C(c1c(OCc2ccccc2)ccc2ccccc12)[C@@H]1O[C@H]1c1ccccc1. The van der Waals surface area contributed by atoms with Gasteiger partial charge in [0.05, 0.1) is 5.56 Å². The summed E-state index contributed by atoms with van der Waals surface area (Å²) in [6.07, 6.45) is -0.660. The molecule has 0 N–H and O–H groups in total. The number of carbonyl (C=O) groups is 1. The largest absolute Gasteiger partial charge is 0.488 e. The van der Waals surface area contributed by atoms with E-state index in [0.29, 0.717) is 17.9 Å². The van der Waals surface area contributed by atoms with Crippen LogP contribution >= 0.6 is 0 Å². The average molecular weight is 380 g/mol. The minimum absolute atomic E-state index is 0.0290. The first-order valence-electron chi connectivity index (χ1n) is 9.74. The molecule has 0 aliphatic carbocycles. The Morgan fingerprint density at radius 1 is 0.793 bits per heavy atom. The predicted molar refractivity (Wildman–Crippen MR) is 113 cm³/mol. The highest BCUT2D eigenvalue weighted by Crippen LogP contribution is 2.43. The van der Waals surface area contributed by atoms with E-state index in [1.54, 1.807) is 0 Å². The standard InChI is InChI=1S/C26H20O3/c27-24(26-25(29-26)20-12-5-2-6-13-20)23-21-14-8-7-11-19(21)15-16-22(23)28-17-18-9-3-1-4-10-18/h1-16,25-26H,17H2/t25-,26-/m0/s1. The maximum absolute atomic E-state index is 13.4. The van der Waals surface area contributed by atoms with Crippen molar-refractivity contribution in [3.63, 3.8) is 0 Å². The molecule has 2 atom stereocenters. The molecule has 3 nitrogen and oxygen atoms in total. The highest BCUT2D eigenvalue weighted by Gasteiger charge is 2.47. The van der Waals surface area contributed by atoms with Gasteiger partial charge in [0.2, 0.25) is 0 Å². The Morgan fingerprint density at radius 3 is 2.28 bits per heavy atom. The van der Waals surface area contributed by atoms with Gasteiger partial charge >= 0.3 is 0 Å². The zero-order valence-electron chi connectivity index (χ0n) is 15.8. The van der Waals surface area contributed by atoms with Crippen LogP contribution in [0, 0.1) is 0 Å². The van der Waals surface area contributed by atoms with E-state index in [2.05, 4.69) is 0 Å². The Balaban J connectivity index is 1.48. The van der Waals surface area contributed by atoms with Gasteiger partial charge in [-0.05, 0) is 28.0 Å². The number of carbonyl (C=O) groups excluding carboxylic acids is 1. The highest BCUT2D eigenvalue weighted by atomic mass is 16.6. The lowest BCUT2D eigenvalue weighted by Crippen LogP contribution is -2.11. The van der Waals surface area contributed by atoms with Gasteiger partial charge in [-0.25, -0.2) is 0 Å². The third kappa shape index (κ3) is 3.53. The summed E-state index contributed by atoms with van der Waals surface area (Å²) in [5, 5.41) is 1.91. The summed E-state index contributed by atoms with van der Waals surface area (Å²) in [6, 6.07) is 31.6. The summed E-state index contributed by atoms with van der Waals surface area (Å²) in [5.74, 6) is 0.568. The molecule has 0 saturated carbocycles. The van der Waals surface area contributed by atoms with Gasteiger partial charge in [0.15, 0.2) is 11.9 Å². The van der Waals surface area contributed by atoms with E-state index in [1.165, 1.54) is 0 Å². The van der Waals surface area contributed by atoms with E-state index in [1.807, 2.05) is 97.1 Å². The topological polar surface area (TPSA) is 38.8 Å². The molecule has 3 heteroatoms. The van der Waals surface area contributed by atoms with Crippen LogP contribution in [0.15, 0.2) is 97.1 Å². The zero-order chi connectivity index (χ0) is 19.6. The molecule has 1 fully saturated rings. The smallest absolute Gasteiger partial charge is 0.198 e. The fraction of sp³-hybridized carbons (Fsp3) is 0.115. The number of ether oxygens (including phenoxy) is 2. The van der Waals surface area contributed by atoms with Crippen LogP contribution in [0.25, 0.3) is 10.8 Å². The second-order valence-electron chi connectivity index (χ2n) is 7.19. The quantitative estimate of drug-likeness (QED) is 0.316. The lowest BCUT2D eigenvalue weighted by atomic mass is 9.96. The summed E-state index contributed by atoms with van der Waals surface area (Å²) >= 11 is 0. The Kier molecular flexibility index (Phi) is 4.59. The van der Waals surface area contributed by atoms with Crippen LogP contribution in [0.4, 0.5) is 0 Å². The Morgan fingerprint density at radius 2 is 1.48 bits per heavy atom. The van der Waals surface area contributed by atoms with E-state index in [9.17, 15) is 4.79 Å². The number of epoxide rings is 1. The summed E-state index contributed by atoms with van der Waals surface area (Å²) in [6.45, 7) is 0.410. The summed E-state index contributed by atoms with van der Waals surface area (Å²) in [5.41, 5.74) is 2.68. The van der Waals surface area contributed by atoms with Crippen molar-refractivity contribution in [2.24, 2.45) is 0 Å².